The first-order valence-electron chi connectivity index (χ1n) is 9.30. The van der Waals surface area contributed by atoms with Gasteiger partial charge < -0.3 is 33.5 Å². The smallest absolute Gasteiger partial charge is 0.228 e. The van der Waals surface area contributed by atoms with E-state index in [1.807, 2.05) is 42.5 Å². The molecule has 2 fully saturated rings. The summed E-state index contributed by atoms with van der Waals surface area (Å²) in [4.78, 5) is 0. The molecule has 1 N–H and O–H groups in total. The molecule has 0 aliphatic carbocycles. The molecule has 152 valence electrons. The molecule has 0 bridgehead atoms. The van der Waals surface area contributed by atoms with Crippen molar-refractivity contribution in [3.8, 4) is 5.75 Å². The van der Waals surface area contributed by atoms with Gasteiger partial charge in [-0.1, -0.05) is 30.3 Å². The van der Waals surface area contributed by atoms with Gasteiger partial charge in [-0.15, -0.1) is 0 Å². The highest BCUT2D eigenvalue weighted by atomic mass is 16.8. The van der Waals surface area contributed by atoms with E-state index in [0.29, 0.717) is 5.75 Å². The minimum absolute atomic E-state index is 0.193. The van der Waals surface area contributed by atoms with Crippen molar-refractivity contribution < 1.29 is 33.5 Å². The lowest BCUT2D eigenvalue weighted by molar-refractivity contribution is -0.469. The maximum atomic E-state index is 10.9. The Morgan fingerprint density at radius 2 is 1.64 bits per heavy atom. The summed E-state index contributed by atoms with van der Waals surface area (Å²) in [5, 5.41) is 13.0. The molecule has 0 saturated carbocycles. The number of ether oxygens (including phenoxy) is 6. The Bertz CT molecular complexity index is 842. The third-order valence-corrected chi connectivity index (χ3v) is 5.72. The van der Waals surface area contributed by atoms with E-state index in [0.717, 1.165) is 10.8 Å². The third kappa shape index (κ3) is 3.18. The van der Waals surface area contributed by atoms with Crippen molar-refractivity contribution in [3.63, 3.8) is 0 Å². The van der Waals surface area contributed by atoms with Crippen LogP contribution in [0.3, 0.4) is 0 Å². The lowest BCUT2D eigenvalue weighted by Gasteiger charge is -2.54. The van der Waals surface area contributed by atoms with Crippen molar-refractivity contribution in [2.45, 2.75) is 50.0 Å². The van der Waals surface area contributed by atoms with E-state index in [1.54, 1.807) is 13.8 Å². The molecular formula is C21H26O7. The molecule has 2 heterocycles. The van der Waals surface area contributed by atoms with Crippen molar-refractivity contribution in [2.24, 2.45) is 0 Å². The number of benzene rings is 2. The van der Waals surface area contributed by atoms with Crippen LogP contribution < -0.4 is 4.74 Å². The molecule has 0 spiro atoms. The zero-order chi connectivity index (χ0) is 19.9. The van der Waals surface area contributed by atoms with Gasteiger partial charge in [0.1, 0.15) is 24.1 Å². The average Bonchev–Trinajstić information content (AvgIpc) is 2.71. The van der Waals surface area contributed by atoms with E-state index >= 15 is 0 Å². The van der Waals surface area contributed by atoms with Crippen LogP contribution in [0.2, 0.25) is 0 Å². The summed E-state index contributed by atoms with van der Waals surface area (Å²) in [5.41, 5.74) is 0. The van der Waals surface area contributed by atoms with Crippen molar-refractivity contribution in [1.29, 1.82) is 0 Å². The Labute approximate surface area is 164 Å². The quantitative estimate of drug-likeness (QED) is 0.859. The summed E-state index contributed by atoms with van der Waals surface area (Å²) in [6.07, 6.45) is -3.16. The molecular weight excluding hydrogens is 364 g/mol. The SMILES string of the molecule is CO[C@]1(C)O[C@@H]2[C@@H](O)[C@H](Oc3ccc4ccccc4c3)OC[C@@H]2O[C@@]1(C)OC. The molecule has 0 amide bonds. The topological polar surface area (TPSA) is 75.6 Å². The van der Waals surface area contributed by atoms with Crippen LogP contribution in [0, 0.1) is 0 Å². The maximum absolute atomic E-state index is 10.9. The summed E-state index contributed by atoms with van der Waals surface area (Å²) in [6.45, 7) is 3.64. The molecule has 0 unspecified atom stereocenters. The first-order chi connectivity index (χ1) is 13.4. The average molecular weight is 390 g/mol. The van der Waals surface area contributed by atoms with Gasteiger partial charge in [0, 0.05) is 14.2 Å². The van der Waals surface area contributed by atoms with Gasteiger partial charge in [0.25, 0.3) is 0 Å². The largest absolute Gasteiger partial charge is 0.462 e. The number of rotatable bonds is 4. The second kappa shape index (κ2) is 7.26. The predicted octanol–water partition coefficient (Wildman–Crippen LogP) is 2.45. The second-order valence-electron chi connectivity index (χ2n) is 7.36. The van der Waals surface area contributed by atoms with Crippen LogP contribution in [0.15, 0.2) is 42.5 Å². The minimum atomic E-state index is -1.20. The third-order valence-electron chi connectivity index (χ3n) is 5.72. The fraction of sp³-hybridized carbons (Fsp3) is 0.524. The van der Waals surface area contributed by atoms with Gasteiger partial charge in [-0.3, -0.25) is 0 Å². The Hall–Kier alpha value is -1.74. The lowest BCUT2D eigenvalue weighted by atomic mass is 9.98. The number of aliphatic hydroxyl groups excluding tert-OH is 1. The Kier molecular flexibility index (Phi) is 5.07. The van der Waals surface area contributed by atoms with Crippen LogP contribution in [-0.2, 0) is 23.7 Å². The molecule has 28 heavy (non-hydrogen) atoms. The van der Waals surface area contributed by atoms with Crippen molar-refractivity contribution in [3.05, 3.63) is 42.5 Å². The van der Waals surface area contributed by atoms with Gasteiger partial charge in [-0.05, 0) is 36.8 Å². The Morgan fingerprint density at radius 3 is 2.36 bits per heavy atom. The Balaban J connectivity index is 1.53. The summed E-state index contributed by atoms with van der Waals surface area (Å²) in [6, 6.07) is 13.7. The zero-order valence-electron chi connectivity index (χ0n) is 16.5. The summed E-state index contributed by atoms with van der Waals surface area (Å²) < 4.78 is 34.8. The van der Waals surface area contributed by atoms with Crippen LogP contribution in [-0.4, -0.2) is 62.1 Å². The summed E-state index contributed by atoms with van der Waals surface area (Å²) >= 11 is 0. The van der Waals surface area contributed by atoms with Gasteiger partial charge in [0.2, 0.25) is 17.9 Å². The molecule has 2 aromatic rings. The lowest BCUT2D eigenvalue weighted by Crippen LogP contribution is -2.71. The van der Waals surface area contributed by atoms with E-state index in [2.05, 4.69) is 0 Å². The van der Waals surface area contributed by atoms with Crippen LogP contribution in [0.1, 0.15) is 13.8 Å². The van der Waals surface area contributed by atoms with Crippen LogP contribution in [0.4, 0.5) is 0 Å². The monoisotopic (exact) mass is 390 g/mol. The molecule has 6 atom stereocenters. The van der Waals surface area contributed by atoms with Crippen LogP contribution in [0.5, 0.6) is 5.75 Å². The first kappa shape index (κ1) is 19.6. The van der Waals surface area contributed by atoms with E-state index in [1.165, 1.54) is 14.2 Å². The number of aliphatic hydroxyl groups is 1. The second-order valence-corrected chi connectivity index (χ2v) is 7.36. The molecule has 7 nitrogen and oxygen atoms in total. The zero-order valence-corrected chi connectivity index (χ0v) is 16.5. The van der Waals surface area contributed by atoms with Gasteiger partial charge in [0.15, 0.2) is 0 Å². The molecule has 7 heteroatoms. The number of hydrogen-bond acceptors (Lipinski definition) is 7. The number of methoxy groups -OCH3 is 2. The molecule has 2 saturated heterocycles. The maximum Gasteiger partial charge on any atom is 0.228 e. The first-order valence-corrected chi connectivity index (χ1v) is 9.30. The van der Waals surface area contributed by atoms with Gasteiger partial charge in [-0.2, -0.15) is 0 Å². The highest BCUT2D eigenvalue weighted by molar-refractivity contribution is 5.83. The molecule has 0 radical (unpaired) electrons. The van der Waals surface area contributed by atoms with Gasteiger partial charge in [0.05, 0.1) is 6.61 Å². The molecule has 0 aromatic heterocycles. The van der Waals surface area contributed by atoms with Crippen molar-refractivity contribution >= 4 is 10.8 Å². The van der Waals surface area contributed by atoms with Crippen LogP contribution in [0.25, 0.3) is 10.8 Å². The van der Waals surface area contributed by atoms with Crippen molar-refractivity contribution in [1.82, 2.24) is 0 Å². The molecule has 4 rings (SSSR count). The van der Waals surface area contributed by atoms with Crippen molar-refractivity contribution in [2.75, 3.05) is 20.8 Å². The van der Waals surface area contributed by atoms with E-state index < -0.39 is 36.2 Å². The summed E-state index contributed by atoms with van der Waals surface area (Å²) in [7, 11) is 3.03. The standard InChI is InChI=1S/C21H26O7/c1-20(23-3)21(2,24-4)28-18-16(27-20)12-25-19(17(18)22)26-15-10-9-13-7-5-6-8-14(13)11-15/h5-11,16-19,22H,12H2,1-4H3/t16-,17+,18-,19-,20+,21+/m0/s1. The van der Waals surface area contributed by atoms with E-state index in [9.17, 15) is 5.11 Å². The minimum Gasteiger partial charge on any atom is -0.462 e. The highest BCUT2D eigenvalue weighted by Gasteiger charge is 2.60. The predicted molar refractivity (Wildman–Crippen MR) is 101 cm³/mol. The normalized spacial score (nSPS) is 38.2. The fourth-order valence-electron chi connectivity index (χ4n) is 3.71. The number of hydrogen-bond donors (Lipinski definition) is 1. The summed E-state index contributed by atoms with van der Waals surface area (Å²) in [5.74, 6) is -1.73. The van der Waals surface area contributed by atoms with E-state index in [-0.39, 0.29) is 6.61 Å². The van der Waals surface area contributed by atoms with Gasteiger partial charge in [-0.25, -0.2) is 0 Å². The van der Waals surface area contributed by atoms with Crippen LogP contribution >= 0.6 is 0 Å². The number of fused-ring (bicyclic) bond motifs is 2. The molecule has 2 aliphatic heterocycles. The van der Waals surface area contributed by atoms with E-state index in [4.69, 9.17) is 28.4 Å². The fourth-order valence-corrected chi connectivity index (χ4v) is 3.71. The molecule has 2 aromatic carbocycles. The molecule has 2 aliphatic rings. The van der Waals surface area contributed by atoms with Gasteiger partial charge >= 0.3 is 0 Å². The Morgan fingerprint density at radius 1 is 0.964 bits per heavy atom. The highest BCUT2D eigenvalue weighted by Crippen LogP contribution is 2.42.